The van der Waals surface area contributed by atoms with Crippen molar-refractivity contribution in [3.8, 4) is 0 Å². The van der Waals surface area contributed by atoms with E-state index in [9.17, 15) is 0 Å². The molecule has 1 aromatic carbocycles. The van der Waals surface area contributed by atoms with Crippen molar-refractivity contribution in [2.45, 2.75) is 0 Å². The second-order valence-electron chi connectivity index (χ2n) is 1.66. The molecule has 1 aromatic rings. The Hall–Kier alpha value is 0.565. The fourth-order valence-electron chi connectivity index (χ4n) is 0.453. The number of hydrogen-bond acceptors (Lipinski definition) is 3. The van der Waals surface area contributed by atoms with Crippen LogP contribution in [0, 0.1) is 33.7 Å². The van der Waals surface area contributed by atoms with Crippen LogP contribution in [0.2, 0.25) is 0 Å². The Bertz CT molecular complexity index is 210. The maximum atomic E-state index is 8.52. The molecular weight excluding hydrogens is 290 g/mol. The summed E-state index contributed by atoms with van der Waals surface area (Å²) in [5.74, 6) is 0. The SMILES string of the molecule is O=[PH]([O-])[O-].[La+2][c]1ccccc1. The predicted molar refractivity (Wildman–Crippen MR) is 35.1 cm³/mol. The number of benzene rings is 1. The van der Waals surface area contributed by atoms with Gasteiger partial charge in [0.1, 0.15) is 0 Å². The molecule has 0 spiro atoms. The molecule has 0 saturated carbocycles. The predicted octanol–water partition coefficient (Wildman–Crippen LogP) is -1.04. The Balaban J connectivity index is 0.000000218. The van der Waals surface area contributed by atoms with Crippen LogP contribution in [-0.4, -0.2) is 0 Å². The summed E-state index contributed by atoms with van der Waals surface area (Å²) >= 11 is 0.992. The Kier molecular flexibility index (Phi) is 7.60. The van der Waals surface area contributed by atoms with Gasteiger partial charge >= 0.3 is 66.0 Å². The second-order valence-corrected chi connectivity index (χ2v) is 4.25. The van der Waals surface area contributed by atoms with E-state index in [0.717, 1.165) is 33.7 Å². The van der Waals surface area contributed by atoms with Gasteiger partial charge in [-0.1, -0.05) is 8.25 Å². The van der Waals surface area contributed by atoms with Crippen LogP contribution in [0.15, 0.2) is 30.3 Å². The zero-order valence-corrected chi connectivity index (χ0v) is 10.3. The van der Waals surface area contributed by atoms with Crippen LogP contribution in [0.25, 0.3) is 0 Å². The van der Waals surface area contributed by atoms with Crippen LogP contribution in [0.3, 0.4) is 0 Å². The summed E-state index contributed by atoms with van der Waals surface area (Å²) in [6.45, 7) is 0. The average molecular weight is 296 g/mol. The van der Waals surface area contributed by atoms with E-state index in [4.69, 9.17) is 14.4 Å². The van der Waals surface area contributed by atoms with Crippen LogP contribution in [-0.2, 0) is 4.57 Å². The van der Waals surface area contributed by atoms with Crippen LogP contribution < -0.4 is 11.8 Å². The van der Waals surface area contributed by atoms with Gasteiger partial charge in [-0.2, -0.15) is 0 Å². The van der Waals surface area contributed by atoms with Crippen molar-refractivity contribution < 1.29 is 48.1 Å². The van der Waals surface area contributed by atoms with Gasteiger partial charge in [-0.3, -0.25) is 0 Å². The molecule has 0 heterocycles. The van der Waals surface area contributed by atoms with E-state index >= 15 is 0 Å². The van der Waals surface area contributed by atoms with Gasteiger partial charge in [-0.15, -0.1) is 0 Å². The summed E-state index contributed by atoms with van der Waals surface area (Å²) in [4.78, 5) is 17.0. The van der Waals surface area contributed by atoms with E-state index in [0.29, 0.717) is 0 Å². The summed E-state index contributed by atoms with van der Waals surface area (Å²) in [7, 11) is -3.63. The van der Waals surface area contributed by atoms with Crippen molar-refractivity contribution in [2.24, 2.45) is 0 Å². The van der Waals surface area contributed by atoms with E-state index in [1.807, 2.05) is 6.07 Å². The Morgan fingerprint density at radius 1 is 1.18 bits per heavy atom. The first kappa shape index (κ1) is 11.6. The molecule has 0 aliphatic carbocycles. The summed E-state index contributed by atoms with van der Waals surface area (Å²) in [6, 6.07) is 10.5. The van der Waals surface area contributed by atoms with Gasteiger partial charge in [0.2, 0.25) is 0 Å². The van der Waals surface area contributed by atoms with Gasteiger partial charge in [-0.05, 0) is 0 Å². The maximum absolute atomic E-state index is 8.52. The third-order valence-corrected chi connectivity index (χ3v) is 2.01. The molecule has 0 radical (unpaired) electrons. The topological polar surface area (TPSA) is 63.2 Å². The standard InChI is InChI=1S/C6H5.La.H3O3P/c1-2-4-6-5-3-1;;1-4(2)3/h1-5H;;4H,(H2,1,2,3)/q;+2;/p-2. The summed E-state index contributed by atoms with van der Waals surface area (Å²) in [6.07, 6.45) is 0. The summed E-state index contributed by atoms with van der Waals surface area (Å²) in [5.41, 5.74) is 0. The quantitative estimate of drug-likeness (QED) is 0.574. The van der Waals surface area contributed by atoms with Gasteiger partial charge in [0.25, 0.3) is 0 Å². The Morgan fingerprint density at radius 2 is 1.55 bits per heavy atom. The van der Waals surface area contributed by atoms with E-state index in [-0.39, 0.29) is 0 Å². The second kappa shape index (κ2) is 7.23. The molecule has 0 N–H and O–H groups in total. The zero-order chi connectivity index (χ0) is 8.69. The third kappa shape index (κ3) is 10.6. The summed E-state index contributed by atoms with van der Waals surface area (Å²) < 4.78 is 10.0. The molecule has 0 aliphatic rings. The van der Waals surface area contributed by atoms with E-state index < -0.39 is 8.25 Å². The molecule has 0 saturated heterocycles. The minimum atomic E-state index is -3.63. The molecule has 56 valence electrons. The molecule has 3 nitrogen and oxygen atoms in total. The van der Waals surface area contributed by atoms with E-state index in [2.05, 4.69) is 24.3 Å². The van der Waals surface area contributed by atoms with Gasteiger partial charge < -0.3 is 14.4 Å². The van der Waals surface area contributed by atoms with Gasteiger partial charge in [0.05, 0.1) is 0 Å². The molecule has 5 heteroatoms. The van der Waals surface area contributed by atoms with Crippen LogP contribution in [0.4, 0.5) is 0 Å². The van der Waals surface area contributed by atoms with Gasteiger partial charge in [0, 0.05) is 0 Å². The first-order chi connectivity index (χ1) is 5.13. The molecule has 11 heavy (non-hydrogen) atoms. The fourth-order valence-corrected chi connectivity index (χ4v) is 1.15. The molecule has 0 unspecified atom stereocenters. The fraction of sp³-hybridized carbons (Fsp3) is 0. The Labute approximate surface area is 88.0 Å². The molecular formula is C6H6LaO3P. The molecule has 1 rings (SSSR count). The van der Waals surface area contributed by atoms with Crippen molar-refractivity contribution in [1.82, 2.24) is 0 Å². The molecule has 0 aliphatic heterocycles. The monoisotopic (exact) mass is 296 g/mol. The number of rotatable bonds is 0. The van der Waals surface area contributed by atoms with Gasteiger partial charge in [0.15, 0.2) is 0 Å². The summed E-state index contributed by atoms with van der Waals surface area (Å²) in [5, 5.41) is 0. The zero-order valence-electron chi connectivity index (χ0n) is 5.69. The van der Waals surface area contributed by atoms with Crippen molar-refractivity contribution in [3.63, 3.8) is 0 Å². The average Bonchev–Trinajstić information content (AvgIpc) is 1.87. The number of hydrogen-bond donors (Lipinski definition) is 0. The first-order valence-corrected chi connectivity index (χ1v) is 5.85. The van der Waals surface area contributed by atoms with E-state index in [1.165, 1.54) is 1.97 Å². The van der Waals surface area contributed by atoms with Crippen molar-refractivity contribution in [2.75, 3.05) is 0 Å². The molecule has 0 fully saturated rings. The van der Waals surface area contributed by atoms with Crippen LogP contribution in [0.5, 0.6) is 0 Å². The van der Waals surface area contributed by atoms with Crippen LogP contribution >= 0.6 is 8.25 Å². The van der Waals surface area contributed by atoms with Crippen molar-refractivity contribution in [1.29, 1.82) is 0 Å². The van der Waals surface area contributed by atoms with Crippen molar-refractivity contribution in [3.05, 3.63) is 30.3 Å². The van der Waals surface area contributed by atoms with Gasteiger partial charge in [-0.25, -0.2) is 0 Å². The molecule has 0 atom stereocenters. The molecule has 0 amide bonds. The third-order valence-electron chi connectivity index (χ3n) is 0.800. The minimum absolute atomic E-state index is 0.992. The van der Waals surface area contributed by atoms with Crippen molar-refractivity contribution >= 4 is 10.2 Å². The molecule has 0 bridgehead atoms. The first-order valence-electron chi connectivity index (χ1n) is 2.81. The van der Waals surface area contributed by atoms with E-state index in [1.54, 1.807) is 0 Å². The van der Waals surface area contributed by atoms with Crippen LogP contribution in [0.1, 0.15) is 0 Å². The molecule has 0 aromatic heterocycles. The normalized spacial score (nSPS) is 8.82. The Morgan fingerprint density at radius 3 is 1.73 bits per heavy atom.